The molecule has 5 nitrogen and oxygen atoms in total. The van der Waals surface area contributed by atoms with Gasteiger partial charge in [-0.25, -0.2) is 0 Å². The first kappa shape index (κ1) is 14.5. The highest BCUT2D eigenvalue weighted by molar-refractivity contribution is 5.22. The van der Waals surface area contributed by atoms with Gasteiger partial charge in [0.1, 0.15) is 5.69 Å². The van der Waals surface area contributed by atoms with Crippen molar-refractivity contribution in [1.29, 1.82) is 0 Å². The Morgan fingerprint density at radius 3 is 2.33 bits per heavy atom. The molecule has 1 heterocycles. The lowest BCUT2D eigenvalue weighted by Gasteiger charge is -2.20. The maximum absolute atomic E-state index is 12.2. The third-order valence-corrected chi connectivity index (χ3v) is 2.69. The van der Waals surface area contributed by atoms with Crippen molar-refractivity contribution in [3.63, 3.8) is 0 Å². The monoisotopic (exact) mass is 254 g/mol. The number of aromatic nitrogens is 2. The van der Waals surface area contributed by atoms with E-state index in [0.717, 1.165) is 0 Å². The minimum atomic E-state index is -0.354. The van der Waals surface area contributed by atoms with Gasteiger partial charge < -0.3 is 14.9 Å². The van der Waals surface area contributed by atoms with Gasteiger partial charge in [0.2, 0.25) is 0 Å². The average Bonchev–Trinajstić information content (AvgIpc) is 2.22. The van der Waals surface area contributed by atoms with Crippen LogP contribution >= 0.6 is 0 Å². The van der Waals surface area contributed by atoms with Crippen molar-refractivity contribution in [2.45, 2.75) is 46.5 Å². The van der Waals surface area contributed by atoms with Gasteiger partial charge in [-0.2, -0.15) is 0 Å². The summed E-state index contributed by atoms with van der Waals surface area (Å²) in [5.41, 5.74) is 0.0457. The van der Waals surface area contributed by atoms with E-state index in [2.05, 4.69) is 4.98 Å². The van der Waals surface area contributed by atoms with Gasteiger partial charge in [0.25, 0.3) is 5.69 Å². The number of hydrogen-bond acceptors (Lipinski definition) is 3. The fourth-order valence-corrected chi connectivity index (χ4v) is 1.81. The summed E-state index contributed by atoms with van der Waals surface area (Å²) in [6.45, 7) is 9.68. The first-order valence-electron chi connectivity index (χ1n) is 6.11. The molecular formula is C13H22N2O3. The van der Waals surface area contributed by atoms with Crippen LogP contribution in [0.1, 0.15) is 46.0 Å². The highest BCUT2D eigenvalue weighted by Crippen LogP contribution is 2.25. The van der Waals surface area contributed by atoms with E-state index >= 15 is 0 Å². The number of methoxy groups -OCH3 is 1. The van der Waals surface area contributed by atoms with E-state index in [1.165, 1.54) is 7.11 Å². The van der Waals surface area contributed by atoms with E-state index in [-0.39, 0.29) is 28.5 Å². The van der Waals surface area contributed by atoms with E-state index in [1.54, 1.807) is 0 Å². The zero-order valence-corrected chi connectivity index (χ0v) is 12.0. The van der Waals surface area contributed by atoms with Crippen LogP contribution in [0.3, 0.4) is 0 Å². The molecule has 0 saturated carbocycles. The smallest absolute Gasteiger partial charge is 0.400 e. The summed E-state index contributed by atoms with van der Waals surface area (Å²) < 4.78 is 5.78. The van der Waals surface area contributed by atoms with Gasteiger partial charge in [0.05, 0.1) is 7.11 Å². The van der Waals surface area contributed by atoms with Crippen molar-refractivity contribution < 1.29 is 9.47 Å². The molecular weight excluding hydrogens is 232 g/mol. The summed E-state index contributed by atoms with van der Waals surface area (Å²) in [6, 6.07) is 0. The third kappa shape index (κ3) is 2.83. The van der Waals surface area contributed by atoms with Crippen molar-refractivity contribution in [2.24, 2.45) is 5.92 Å². The lowest BCUT2D eigenvalue weighted by atomic mass is 9.92. The predicted octanol–water partition coefficient (Wildman–Crippen LogP) is 1.51. The number of ether oxygens (including phenoxy) is 1. The maximum atomic E-state index is 12.2. The molecule has 18 heavy (non-hydrogen) atoms. The molecule has 0 aromatic carbocycles. The number of H-pyrrole nitrogens is 1. The highest BCUT2D eigenvalue weighted by atomic mass is 16.5. The molecule has 1 aromatic rings. The first-order valence-corrected chi connectivity index (χ1v) is 6.11. The number of nitrogens with one attached hydrogen (secondary N) is 1. The van der Waals surface area contributed by atoms with Gasteiger partial charge in [-0.05, 0) is 5.92 Å². The lowest BCUT2D eigenvalue weighted by molar-refractivity contribution is -0.623. The van der Waals surface area contributed by atoms with Gasteiger partial charge in [0.15, 0.2) is 0 Å². The fraction of sp³-hybridized carbons (Fsp3) is 0.692. The molecule has 0 saturated heterocycles. The van der Waals surface area contributed by atoms with Crippen molar-refractivity contribution >= 4 is 0 Å². The Balaban J connectivity index is 3.50. The Bertz CT molecular complexity index is 484. The van der Waals surface area contributed by atoms with Crippen LogP contribution in [-0.2, 0) is 11.8 Å². The molecule has 1 aromatic heterocycles. The Morgan fingerprint density at radius 2 is 1.94 bits per heavy atom. The summed E-state index contributed by atoms with van der Waals surface area (Å²) in [5, 5.41) is 12.2. The molecule has 0 spiro atoms. The van der Waals surface area contributed by atoms with Crippen LogP contribution in [0, 0.1) is 11.1 Å². The maximum Gasteiger partial charge on any atom is 0.400 e. The molecule has 0 atom stereocenters. The predicted molar refractivity (Wildman–Crippen MR) is 69.8 cm³/mol. The Kier molecular flexibility index (Phi) is 4.04. The highest BCUT2D eigenvalue weighted by Gasteiger charge is 2.30. The van der Waals surface area contributed by atoms with E-state index in [1.807, 2.05) is 34.6 Å². The van der Waals surface area contributed by atoms with Crippen molar-refractivity contribution in [1.82, 2.24) is 4.98 Å². The minimum Gasteiger partial charge on any atom is -0.616 e. The van der Waals surface area contributed by atoms with Crippen molar-refractivity contribution in [3.05, 3.63) is 26.9 Å². The molecule has 1 N–H and O–H groups in total. The molecule has 5 heteroatoms. The molecule has 0 unspecified atom stereocenters. The Morgan fingerprint density at radius 1 is 1.39 bits per heavy atom. The number of nitrogens with zero attached hydrogens (tertiary/aromatic N) is 1. The van der Waals surface area contributed by atoms with E-state index in [0.29, 0.717) is 16.8 Å². The number of aromatic amines is 1. The first-order chi connectivity index (χ1) is 8.18. The van der Waals surface area contributed by atoms with Crippen molar-refractivity contribution in [2.75, 3.05) is 7.11 Å². The van der Waals surface area contributed by atoms with Crippen LogP contribution in [0.2, 0.25) is 0 Å². The van der Waals surface area contributed by atoms with E-state index in [9.17, 15) is 10.0 Å². The SMILES string of the molecule is COc1c(C(C)(C)C)[nH]c(=O)c(CC(C)C)[n+]1[O-]. The zero-order valence-electron chi connectivity index (χ0n) is 12.0. The molecule has 1 rings (SSSR count). The molecule has 0 bridgehead atoms. The normalized spacial score (nSPS) is 11.9. The molecule has 0 amide bonds. The van der Waals surface area contributed by atoms with Gasteiger partial charge in [-0.15, -0.1) is 4.73 Å². The second kappa shape index (κ2) is 5.00. The van der Waals surface area contributed by atoms with Crippen molar-refractivity contribution in [3.8, 4) is 5.88 Å². The van der Waals surface area contributed by atoms with Gasteiger partial charge in [-0.3, -0.25) is 4.79 Å². The molecule has 0 fully saturated rings. The molecule has 0 aliphatic carbocycles. The summed E-state index contributed by atoms with van der Waals surface area (Å²) in [5.74, 6) is 0.411. The topological polar surface area (TPSA) is 69.0 Å². The summed E-state index contributed by atoms with van der Waals surface area (Å²) in [4.78, 5) is 14.8. The molecule has 0 aliphatic heterocycles. The van der Waals surface area contributed by atoms with Gasteiger partial charge >= 0.3 is 11.4 Å². The lowest BCUT2D eigenvalue weighted by Crippen LogP contribution is -2.44. The summed E-state index contributed by atoms with van der Waals surface area (Å²) in [7, 11) is 1.44. The van der Waals surface area contributed by atoms with Crippen LogP contribution in [0.5, 0.6) is 5.88 Å². The van der Waals surface area contributed by atoms with Crippen LogP contribution in [0.4, 0.5) is 0 Å². The van der Waals surface area contributed by atoms with Gasteiger partial charge in [0, 0.05) is 11.8 Å². The van der Waals surface area contributed by atoms with E-state index in [4.69, 9.17) is 4.74 Å². The Labute approximate surface area is 107 Å². The average molecular weight is 254 g/mol. The summed E-state index contributed by atoms with van der Waals surface area (Å²) in [6.07, 6.45) is 0.430. The minimum absolute atomic E-state index is 0.178. The largest absolute Gasteiger partial charge is 0.616 e. The quantitative estimate of drug-likeness (QED) is 0.656. The zero-order chi connectivity index (χ0) is 14.1. The molecule has 102 valence electrons. The fourth-order valence-electron chi connectivity index (χ4n) is 1.81. The van der Waals surface area contributed by atoms with Crippen LogP contribution in [-0.4, -0.2) is 12.1 Å². The van der Waals surface area contributed by atoms with Crippen LogP contribution < -0.4 is 15.0 Å². The second-order valence-electron chi connectivity index (χ2n) is 5.93. The molecule has 0 radical (unpaired) electrons. The van der Waals surface area contributed by atoms with Gasteiger partial charge in [-0.1, -0.05) is 34.6 Å². The molecule has 0 aliphatic rings. The summed E-state index contributed by atoms with van der Waals surface area (Å²) >= 11 is 0. The second-order valence-corrected chi connectivity index (χ2v) is 5.93. The van der Waals surface area contributed by atoms with E-state index < -0.39 is 0 Å². The third-order valence-electron chi connectivity index (χ3n) is 2.69. The van der Waals surface area contributed by atoms with Crippen LogP contribution in [0.25, 0.3) is 0 Å². The number of rotatable bonds is 3. The number of hydrogen-bond donors (Lipinski definition) is 1. The van der Waals surface area contributed by atoms with Crippen LogP contribution in [0.15, 0.2) is 4.79 Å². The standard InChI is InChI=1S/C13H22N2O3/c1-8(2)7-9-11(16)14-10(13(3,4)5)12(18-6)15(9)17/h8H,7H2,1-6H3,(H,14,16). The Hall–Kier alpha value is -1.52.